The van der Waals surface area contributed by atoms with Crippen LogP contribution in [-0.4, -0.2) is 12.6 Å². The highest BCUT2D eigenvalue weighted by atomic mass is 35.5. The van der Waals surface area contributed by atoms with Crippen LogP contribution in [0.25, 0.3) is 0 Å². The average Bonchev–Trinajstić information content (AvgIpc) is 3.09. The molecule has 0 atom stereocenters. The van der Waals surface area contributed by atoms with E-state index in [1.165, 1.54) is 12.8 Å². The van der Waals surface area contributed by atoms with Gasteiger partial charge in [0.15, 0.2) is 0 Å². The van der Waals surface area contributed by atoms with Gasteiger partial charge < -0.3 is 5.32 Å². The second kappa shape index (κ2) is 5.99. The molecule has 1 saturated carbocycles. The lowest BCUT2D eigenvalue weighted by molar-refractivity contribution is 0.456. The summed E-state index contributed by atoms with van der Waals surface area (Å²) in [6, 6.07) is 2.37. The molecule has 0 amide bonds. The van der Waals surface area contributed by atoms with E-state index in [0.29, 0.717) is 26.1 Å². The Hall–Kier alpha value is 0.340. The van der Waals surface area contributed by atoms with E-state index in [1.54, 1.807) is 6.07 Å². The summed E-state index contributed by atoms with van der Waals surface area (Å²) in [5, 5.41) is 5.33. The highest BCUT2D eigenvalue weighted by Crippen LogP contribution is 2.44. The summed E-state index contributed by atoms with van der Waals surface area (Å²) in [5.41, 5.74) is 0.729. The van der Waals surface area contributed by atoms with E-state index < -0.39 is 0 Å². The van der Waals surface area contributed by atoms with E-state index in [2.05, 4.69) is 19.2 Å². The molecule has 0 unspecified atom stereocenters. The quantitative estimate of drug-likeness (QED) is 0.534. The van der Waals surface area contributed by atoms with Crippen LogP contribution in [0, 0.1) is 0 Å². The highest BCUT2D eigenvalue weighted by Gasteiger charge is 2.29. The van der Waals surface area contributed by atoms with Gasteiger partial charge in [0.25, 0.3) is 0 Å². The van der Waals surface area contributed by atoms with Crippen LogP contribution < -0.4 is 5.32 Å². The van der Waals surface area contributed by atoms with Crippen molar-refractivity contribution < 1.29 is 0 Å². The summed E-state index contributed by atoms with van der Waals surface area (Å²) in [6.45, 7) is 5.20. The topological polar surface area (TPSA) is 12.0 Å². The molecule has 1 aromatic carbocycles. The fourth-order valence-corrected chi connectivity index (χ4v) is 3.61. The maximum atomic E-state index is 6.32. The molecule has 5 heteroatoms. The third-order valence-electron chi connectivity index (χ3n) is 3.55. The largest absolute Gasteiger partial charge is 0.314 e. The lowest BCUT2D eigenvalue weighted by atomic mass is 9.81. The predicted molar refractivity (Wildman–Crippen MR) is 85.1 cm³/mol. The zero-order valence-electron chi connectivity index (χ0n) is 11.0. The number of nitrogens with one attached hydrogen (secondary N) is 1. The van der Waals surface area contributed by atoms with Crippen molar-refractivity contribution in [1.82, 2.24) is 5.32 Å². The third kappa shape index (κ3) is 3.71. The predicted octanol–water partition coefficient (Wildman–Crippen LogP) is 5.72. The first-order chi connectivity index (χ1) is 8.83. The molecule has 1 nitrogen and oxygen atoms in total. The zero-order valence-corrected chi connectivity index (χ0v) is 14.0. The van der Waals surface area contributed by atoms with Gasteiger partial charge in [-0.2, -0.15) is 0 Å². The molecule has 19 heavy (non-hydrogen) atoms. The van der Waals surface area contributed by atoms with Gasteiger partial charge in [-0.1, -0.05) is 60.3 Å². The smallest absolute Gasteiger partial charge is 0.0782 e. The van der Waals surface area contributed by atoms with Crippen LogP contribution in [0.5, 0.6) is 0 Å². The minimum Gasteiger partial charge on any atom is -0.314 e. The zero-order chi connectivity index (χ0) is 14.2. The molecule has 0 saturated heterocycles. The van der Waals surface area contributed by atoms with Gasteiger partial charge in [0.1, 0.15) is 0 Å². The van der Waals surface area contributed by atoms with Crippen LogP contribution in [0.3, 0.4) is 0 Å². The van der Waals surface area contributed by atoms with Crippen LogP contribution >= 0.6 is 46.4 Å². The van der Waals surface area contributed by atoms with Gasteiger partial charge in [-0.25, -0.2) is 0 Å². The van der Waals surface area contributed by atoms with E-state index >= 15 is 0 Å². The Morgan fingerprint density at radius 1 is 1.11 bits per heavy atom. The van der Waals surface area contributed by atoms with Gasteiger partial charge in [-0.05, 0) is 42.9 Å². The summed E-state index contributed by atoms with van der Waals surface area (Å²) in [5.74, 6) is 0. The molecule has 0 spiro atoms. The van der Waals surface area contributed by atoms with Gasteiger partial charge in [0.05, 0.1) is 15.1 Å². The number of hydrogen-bond acceptors (Lipinski definition) is 1. The van der Waals surface area contributed by atoms with Crippen LogP contribution in [0.15, 0.2) is 6.07 Å². The molecule has 106 valence electrons. The Labute approximate surface area is 134 Å². The van der Waals surface area contributed by atoms with Crippen molar-refractivity contribution in [2.24, 2.45) is 0 Å². The van der Waals surface area contributed by atoms with Crippen LogP contribution in [0.4, 0.5) is 0 Å². The van der Waals surface area contributed by atoms with Crippen LogP contribution in [-0.2, 0) is 5.41 Å². The second-order valence-corrected chi connectivity index (χ2v) is 7.28. The Kier molecular flexibility index (Phi) is 4.96. The molecule has 0 aliphatic heterocycles. The first kappa shape index (κ1) is 15.7. The Morgan fingerprint density at radius 2 is 1.74 bits per heavy atom. The van der Waals surface area contributed by atoms with Crippen LogP contribution in [0.1, 0.15) is 38.7 Å². The van der Waals surface area contributed by atoms with Crippen molar-refractivity contribution in [2.45, 2.75) is 44.6 Å². The standard InChI is InChI=1S/C14H17Cl4N/c1-14(2,5-6-19-8-3-4-8)11-9(15)7-10(16)12(17)13(11)18/h7-8,19H,3-6H2,1-2H3. The minimum atomic E-state index is -0.149. The normalized spacial score (nSPS) is 15.9. The van der Waals surface area contributed by atoms with Gasteiger partial charge in [-0.3, -0.25) is 0 Å². The van der Waals surface area contributed by atoms with Gasteiger partial charge in [0.2, 0.25) is 0 Å². The molecule has 0 radical (unpaired) electrons. The van der Waals surface area contributed by atoms with E-state index in [0.717, 1.165) is 18.5 Å². The number of rotatable bonds is 5. The molecule has 1 aliphatic rings. The van der Waals surface area contributed by atoms with Gasteiger partial charge in [-0.15, -0.1) is 0 Å². The van der Waals surface area contributed by atoms with E-state index in [4.69, 9.17) is 46.4 Å². The second-order valence-electron chi connectivity index (χ2n) is 5.71. The molecule has 1 N–H and O–H groups in total. The molecule has 0 heterocycles. The summed E-state index contributed by atoms with van der Waals surface area (Å²) in [4.78, 5) is 0. The molecule has 0 aromatic heterocycles. The molecular weight excluding hydrogens is 324 g/mol. The van der Waals surface area contributed by atoms with E-state index in [-0.39, 0.29) is 5.41 Å². The Bertz CT molecular complexity index is 481. The number of benzene rings is 1. The number of hydrogen-bond donors (Lipinski definition) is 1. The van der Waals surface area contributed by atoms with E-state index in [1.807, 2.05) is 0 Å². The van der Waals surface area contributed by atoms with Gasteiger partial charge >= 0.3 is 0 Å². The highest BCUT2D eigenvalue weighted by molar-refractivity contribution is 6.49. The number of halogens is 4. The SMILES string of the molecule is CC(C)(CCNC1CC1)c1c(Cl)cc(Cl)c(Cl)c1Cl. The van der Waals surface area contributed by atoms with Crippen molar-refractivity contribution in [3.63, 3.8) is 0 Å². The fraction of sp³-hybridized carbons (Fsp3) is 0.571. The van der Waals surface area contributed by atoms with Crippen molar-refractivity contribution in [1.29, 1.82) is 0 Å². The molecule has 2 rings (SSSR count). The lowest BCUT2D eigenvalue weighted by Crippen LogP contribution is -2.27. The third-order valence-corrected chi connectivity index (χ3v) is 5.11. The maximum Gasteiger partial charge on any atom is 0.0782 e. The summed E-state index contributed by atoms with van der Waals surface area (Å²) >= 11 is 24.7. The first-order valence-corrected chi connectivity index (χ1v) is 7.91. The van der Waals surface area contributed by atoms with Crippen LogP contribution in [0.2, 0.25) is 20.1 Å². The molecule has 1 fully saturated rings. The fourth-order valence-electron chi connectivity index (χ4n) is 2.19. The minimum absolute atomic E-state index is 0.149. The van der Waals surface area contributed by atoms with Crippen molar-refractivity contribution in [3.8, 4) is 0 Å². The molecule has 0 bridgehead atoms. The average molecular weight is 341 g/mol. The monoisotopic (exact) mass is 339 g/mol. The van der Waals surface area contributed by atoms with Crippen molar-refractivity contribution >= 4 is 46.4 Å². The lowest BCUT2D eigenvalue weighted by Gasteiger charge is -2.28. The van der Waals surface area contributed by atoms with E-state index in [9.17, 15) is 0 Å². The first-order valence-electron chi connectivity index (χ1n) is 6.40. The Morgan fingerprint density at radius 3 is 2.32 bits per heavy atom. The van der Waals surface area contributed by atoms with Crippen molar-refractivity contribution in [3.05, 3.63) is 31.7 Å². The summed E-state index contributed by atoms with van der Waals surface area (Å²) < 4.78 is 0. The summed E-state index contributed by atoms with van der Waals surface area (Å²) in [6.07, 6.45) is 3.52. The Balaban J connectivity index is 2.20. The molecular formula is C14H17Cl4N. The molecule has 1 aromatic rings. The summed E-state index contributed by atoms with van der Waals surface area (Å²) in [7, 11) is 0. The molecule has 1 aliphatic carbocycles. The maximum absolute atomic E-state index is 6.32. The van der Waals surface area contributed by atoms with Gasteiger partial charge in [0, 0.05) is 11.1 Å². The van der Waals surface area contributed by atoms with Crippen molar-refractivity contribution in [2.75, 3.05) is 6.54 Å².